The van der Waals surface area contributed by atoms with Gasteiger partial charge in [-0.05, 0) is 0 Å². The molecule has 1 aliphatic rings. The molecule has 1 fully saturated rings. The molecule has 1 rings (SSSR count). The lowest BCUT2D eigenvalue weighted by atomic mass is 10.2. The second-order valence-corrected chi connectivity index (χ2v) is 3.11. The van der Waals surface area contributed by atoms with E-state index in [9.17, 15) is 9.59 Å². The molecule has 0 bridgehead atoms. The van der Waals surface area contributed by atoms with Gasteiger partial charge in [-0.15, -0.1) is 0 Å². The maximum atomic E-state index is 10.8. The van der Waals surface area contributed by atoms with Gasteiger partial charge in [0, 0.05) is 26.9 Å². The van der Waals surface area contributed by atoms with Gasteiger partial charge < -0.3 is 15.4 Å². The molecule has 2 N–H and O–H groups in total. The maximum absolute atomic E-state index is 10.8. The summed E-state index contributed by atoms with van der Waals surface area (Å²) in [5.74, 6) is -0.421. The van der Waals surface area contributed by atoms with Crippen LogP contribution in [-0.4, -0.2) is 37.1 Å². The molecule has 5 heteroatoms. The van der Waals surface area contributed by atoms with E-state index >= 15 is 0 Å². The van der Waals surface area contributed by atoms with Crippen molar-refractivity contribution in [3.05, 3.63) is 0 Å². The molecular formula is C8H14N2O3. The number of carbonyl (C=O) groups excluding carboxylic acids is 2. The van der Waals surface area contributed by atoms with E-state index in [1.807, 2.05) is 0 Å². The van der Waals surface area contributed by atoms with Crippen LogP contribution in [-0.2, 0) is 14.3 Å². The van der Waals surface area contributed by atoms with E-state index in [0.29, 0.717) is 13.1 Å². The standard InChI is InChI=1S/C8H14N2O3/c1-5(11)10-7-3-9-4-8(7)13-6(2)12/h7-9H,3-4H2,1-2H3,(H,10,11)/t7-,8-/m1/s1. The summed E-state index contributed by atoms with van der Waals surface area (Å²) in [6, 6.07) is -0.0959. The summed E-state index contributed by atoms with van der Waals surface area (Å²) in [4.78, 5) is 21.4. The van der Waals surface area contributed by atoms with Crippen molar-refractivity contribution in [2.75, 3.05) is 13.1 Å². The topological polar surface area (TPSA) is 67.4 Å². The predicted octanol–water partition coefficient (Wildman–Crippen LogP) is -0.974. The molecule has 0 aromatic carbocycles. The number of nitrogens with one attached hydrogen (secondary N) is 2. The molecule has 2 atom stereocenters. The summed E-state index contributed by atoms with van der Waals surface area (Å²) in [5, 5.41) is 5.76. The van der Waals surface area contributed by atoms with Crippen LogP contribution in [0.15, 0.2) is 0 Å². The Morgan fingerprint density at radius 3 is 2.62 bits per heavy atom. The lowest BCUT2D eigenvalue weighted by molar-refractivity contribution is -0.147. The maximum Gasteiger partial charge on any atom is 0.303 e. The van der Waals surface area contributed by atoms with Gasteiger partial charge in [0.05, 0.1) is 6.04 Å². The van der Waals surface area contributed by atoms with E-state index in [4.69, 9.17) is 4.74 Å². The van der Waals surface area contributed by atoms with Crippen molar-refractivity contribution in [3.8, 4) is 0 Å². The van der Waals surface area contributed by atoms with Crippen LogP contribution in [0.4, 0.5) is 0 Å². The lowest BCUT2D eigenvalue weighted by Gasteiger charge is -2.18. The number of amides is 1. The van der Waals surface area contributed by atoms with E-state index < -0.39 is 0 Å². The summed E-state index contributed by atoms with van der Waals surface area (Å²) in [6.07, 6.45) is -0.235. The molecule has 0 saturated carbocycles. The molecule has 0 aliphatic carbocycles. The zero-order valence-corrected chi connectivity index (χ0v) is 7.79. The Bertz CT molecular complexity index is 195. The average Bonchev–Trinajstić information content (AvgIpc) is 2.34. The quantitative estimate of drug-likeness (QED) is 0.544. The Balaban J connectivity index is 2.43. The van der Waals surface area contributed by atoms with E-state index in [1.54, 1.807) is 0 Å². The number of esters is 1. The molecule has 1 saturated heterocycles. The number of ether oxygens (including phenoxy) is 1. The van der Waals surface area contributed by atoms with Gasteiger partial charge in [-0.1, -0.05) is 0 Å². The predicted molar refractivity (Wildman–Crippen MR) is 46.0 cm³/mol. The minimum absolute atomic E-state index is 0.0959. The van der Waals surface area contributed by atoms with Gasteiger partial charge in [-0.25, -0.2) is 0 Å². The molecule has 1 aliphatic heterocycles. The van der Waals surface area contributed by atoms with E-state index in [2.05, 4.69) is 10.6 Å². The summed E-state index contributed by atoms with van der Waals surface area (Å²) in [7, 11) is 0. The molecule has 0 spiro atoms. The van der Waals surface area contributed by atoms with Crippen molar-refractivity contribution in [1.29, 1.82) is 0 Å². The van der Waals surface area contributed by atoms with Gasteiger partial charge in [0.15, 0.2) is 0 Å². The van der Waals surface area contributed by atoms with Gasteiger partial charge >= 0.3 is 5.97 Å². The third kappa shape index (κ3) is 3.02. The first-order valence-electron chi connectivity index (χ1n) is 4.24. The van der Waals surface area contributed by atoms with Crippen molar-refractivity contribution in [1.82, 2.24) is 10.6 Å². The minimum Gasteiger partial charge on any atom is -0.459 e. The molecule has 0 aromatic heterocycles. The van der Waals surface area contributed by atoms with Gasteiger partial charge in [-0.2, -0.15) is 0 Å². The van der Waals surface area contributed by atoms with Crippen LogP contribution in [0.3, 0.4) is 0 Å². The molecule has 74 valence electrons. The number of carbonyl (C=O) groups is 2. The van der Waals surface area contributed by atoms with Crippen LogP contribution in [0, 0.1) is 0 Å². The van der Waals surface area contributed by atoms with Gasteiger partial charge in [-0.3, -0.25) is 9.59 Å². The fourth-order valence-corrected chi connectivity index (χ4v) is 1.40. The monoisotopic (exact) mass is 186 g/mol. The first kappa shape index (κ1) is 9.98. The highest BCUT2D eigenvalue weighted by atomic mass is 16.5. The van der Waals surface area contributed by atoms with Crippen LogP contribution in [0.25, 0.3) is 0 Å². The summed E-state index contributed by atoms with van der Waals surface area (Å²) in [5.41, 5.74) is 0. The molecule has 0 radical (unpaired) electrons. The fourth-order valence-electron chi connectivity index (χ4n) is 1.40. The van der Waals surface area contributed by atoms with Crippen molar-refractivity contribution in [3.63, 3.8) is 0 Å². The second-order valence-electron chi connectivity index (χ2n) is 3.11. The van der Waals surface area contributed by atoms with Crippen LogP contribution in [0.2, 0.25) is 0 Å². The Morgan fingerprint density at radius 2 is 2.08 bits per heavy atom. The third-order valence-electron chi connectivity index (χ3n) is 1.86. The highest BCUT2D eigenvalue weighted by Crippen LogP contribution is 2.04. The highest BCUT2D eigenvalue weighted by Gasteiger charge is 2.29. The largest absolute Gasteiger partial charge is 0.459 e. The van der Waals surface area contributed by atoms with Gasteiger partial charge in [0.25, 0.3) is 0 Å². The Kier molecular flexibility index (Phi) is 3.25. The molecule has 5 nitrogen and oxygen atoms in total. The van der Waals surface area contributed by atoms with Crippen LogP contribution in [0.1, 0.15) is 13.8 Å². The van der Waals surface area contributed by atoms with Crippen LogP contribution >= 0.6 is 0 Å². The first-order chi connectivity index (χ1) is 6.09. The molecule has 1 amide bonds. The van der Waals surface area contributed by atoms with Crippen molar-refractivity contribution >= 4 is 11.9 Å². The molecule has 1 heterocycles. The zero-order valence-electron chi connectivity index (χ0n) is 7.79. The number of hydrogen-bond donors (Lipinski definition) is 2. The van der Waals surface area contributed by atoms with Gasteiger partial charge in [0.2, 0.25) is 5.91 Å². The van der Waals surface area contributed by atoms with Crippen LogP contribution < -0.4 is 10.6 Å². The SMILES string of the molecule is CC(=O)N[C@@H]1CNC[C@H]1OC(C)=O. The van der Waals surface area contributed by atoms with E-state index in [1.165, 1.54) is 13.8 Å². The molecule has 0 unspecified atom stereocenters. The third-order valence-corrected chi connectivity index (χ3v) is 1.86. The van der Waals surface area contributed by atoms with Crippen molar-refractivity contribution in [2.45, 2.75) is 26.0 Å². The summed E-state index contributed by atoms with van der Waals surface area (Å²) < 4.78 is 5.01. The average molecular weight is 186 g/mol. The minimum atomic E-state index is -0.316. The number of hydrogen-bond acceptors (Lipinski definition) is 4. The Hall–Kier alpha value is -1.10. The van der Waals surface area contributed by atoms with E-state index in [-0.39, 0.29) is 24.0 Å². The Labute approximate surface area is 76.8 Å². The van der Waals surface area contributed by atoms with Gasteiger partial charge in [0.1, 0.15) is 6.10 Å². The smallest absolute Gasteiger partial charge is 0.303 e. The number of rotatable bonds is 2. The van der Waals surface area contributed by atoms with Crippen LogP contribution in [0.5, 0.6) is 0 Å². The van der Waals surface area contributed by atoms with Crippen molar-refractivity contribution in [2.24, 2.45) is 0 Å². The first-order valence-corrected chi connectivity index (χ1v) is 4.24. The summed E-state index contributed by atoms with van der Waals surface area (Å²) >= 11 is 0. The normalized spacial score (nSPS) is 26.9. The highest BCUT2D eigenvalue weighted by molar-refractivity contribution is 5.73. The molecule has 13 heavy (non-hydrogen) atoms. The Morgan fingerprint density at radius 1 is 1.38 bits per heavy atom. The fraction of sp³-hybridized carbons (Fsp3) is 0.750. The molecule has 0 aromatic rings. The van der Waals surface area contributed by atoms with E-state index in [0.717, 1.165) is 0 Å². The zero-order chi connectivity index (χ0) is 9.84. The summed E-state index contributed by atoms with van der Waals surface area (Å²) in [6.45, 7) is 4.06. The lowest BCUT2D eigenvalue weighted by Crippen LogP contribution is -2.43. The second kappa shape index (κ2) is 4.23. The van der Waals surface area contributed by atoms with Crippen molar-refractivity contribution < 1.29 is 14.3 Å². The molecular weight excluding hydrogens is 172 g/mol.